The fraction of sp³-hybridized carbons (Fsp3) is 0.368. The normalized spacial score (nSPS) is 15.0. The lowest BCUT2D eigenvalue weighted by Crippen LogP contribution is -2.32. The Balaban J connectivity index is 1.77. The Bertz CT molecular complexity index is 724. The Hall–Kier alpha value is -1.88. The van der Waals surface area contributed by atoms with Crippen molar-refractivity contribution in [1.82, 2.24) is 9.88 Å². The van der Waals surface area contributed by atoms with Gasteiger partial charge in [-0.2, -0.15) is 0 Å². The molecule has 1 aliphatic heterocycles. The van der Waals surface area contributed by atoms with Gasteiger partial charge in [-0.15, -0.1) is 0 Å². The molecule has 1 amide bonds. The number of aryl methyl sites for hydroxylation is 1. The molecule has 126 valence electrons. The molecule has 2 aromatic rings. The largest absolute Gasteiger partial charge is 0.354 e. The van der Waals surface area contributed by atoms with E-state index in [0.717, 1.165) is 41.8 Å². The quantitative estimate of drug-likeness (QED) is 0.813. The zero-order valence-electron chi connectivity index (χ0n) is 13.9. The molecule has 1 N–H and O–H groups in total. The van der Waals surface area contributed by atoms with E-state index in [1.807, 2.05) is 23.1 Å². The summed E-state index contributed by atoms with van der Waals surface area (Å²) >= 11 is 3.57. The van der Waals surface area contributed by atoms with Gasteiger partial charge in [0.15, 0.2) is 0 Å². The number of halogens is 1. The van der Waals surface area contributed by atoms with Crippen LogP contribution in [0.3, 0.4) is 0 Å². The second kappa shape index (κ2) is 7.79. The maximum Gasteiger partial charge on any atom is 0.272 e. The van der Waals surface area contributed by atoms with Crippen LogP contribution in [0.5, 0.6) is 0 Å². The van der Waals surface area contributed by atoms with Gasteiger partial charge in [-0.1, -0.05) is 18.9 Å². The van der Waals surface area contributed by atoms with Crippen molar-refractivity contribution in [3.63, 3.8) is 0 Å². The van der Waals surface area contributed by atoms with Gasteiger partial charge in [0.05, 0.1) is 5.69 Å². The van der Waals surface area contributed by atoms with E-state index in [-0.39, 0.29) is 5.91 Å². The minimum absolute atomic E-state index is 0.0310. The molecule has 1 fully saturated rings. The van der Waals surface area contributed by atoms with Gasteiger partial charge in [0.2, 0.25) is 0 Å². The Morgan fingerprint density at radius 2 is 1.88 bits per heavy atom. The highest BCUT2D eigenvalue weighted by Gasteiger charge is 2.18. The Kier molecular flexibility index (Phi) is 5.51. The van der Waals surface area contributed by atoms with E-state index >= 15 is 0 Å². The molecule has 1 saturated heterocycles. The summed E-state index contributed by atoms with van der Waals surface area (Å²) in [6, 6.07) is 9.85. The molecule has 1 aromatic carbocycles. The van der Waals surface area contributed by atoms with Gasteiger partial charge >= 0.3 is 0 Å². The minimum atomic E-state index is 0.0310. The highest BCUT2D eigenvalue weighted by Crippen LogP contribution is 2.27. The molecule has 0 bridgehead atoms. The molecule has 24 heavy (non-hydrogen) atoms. The van der Waals surface area contributed by atoms with Crippen LogP contribution < -0.4 is 5.32 Å². The molecule has 1 aliphatic rings. The number of hydrogen-bond donors (Lipinski definition) is 1. The van der Waals surface area contributed by atoms with Crippen LogP contribution in [-0.2, 0) is 0 Å². The van der Waals surface area contributed by atoms with Crippen LogP contribution in [0.25, 0.3) is 0 Å². The fourth-order valence-corrected chi connectivity index (χ4v) is 3.53. The first-order chi connectivity index (χ1) is 11.6. The van der Waals surface area contributed by atoms with E-state index in [9.17, 15) is 4.79 Å². The number of benzene rings is 1. The molecule has 0 atom stereocenters. The minimum Gasteiger partial charge on any atom is -0.354 e. The summed E-state index contributed by atoms with van der Waals surface area (Å²) in [5, 5.41) is 3.35. The van der Waals surface area contributed by atoms with Gasteiger partial charge in [-0.25, -0.2) is 0 Å². The summed E-state index contributed by atoms with van der Waals surface area (Å²) in [5.74, 6) is 0.0310. The third-order valence-electron chi connectivity index (χ3n) is 4.28. The van der Waals surface area contributed by atoms with Gasteiger partial charge in [0.25, 0.3) is 5.91 Å². The summed E-state index contributed by atoms with van der Waals surface area (Å²) in [6.45, 7) is 3.72. The smallest absolute Gasteiger partial charge is 0.272 e. The predicted molar refractivity (Wildman–Crippen MR) is 101 cm³/mol. The van der Waals surface area contributed by atoms with Gasteiger partial charge in [0.1, 0.15) is 5.69 Å². The van der Waals surface area contributed by atoms with E-state index < -0.39 is 0 Å². The lowest BCUT2D eigenvalue weighted by molar-refractivity contribution is 0.0756. The topological polar surface area (TPSA) is 45.2 Å². The molecule has 1 aromatic heterocycles. The van der Waals surface area contributed by atoms with Crippen LogP contribution in [0.2, 0.25) is 0 Å². The summed E-state index contributed by atoms with van der Waals surface area (Å²) in [6.07, 6.45) is 6.27. The Morgan fingerprint density at radius 3 is 2.58 bits per heavy atom. The van der Waals surface area contributed by atoms with E-state index in [1.54, 1.807) is 6.20 Å². The molecule has 0 saturated carbocycles. The highest BCUT2D eigenvalue weighted by molar-refractivity contribution is 9.10. The fourth-order valence-electron chi connectivity index (χ4n) is 2.94. The molecule has 0 unspecified atom stereocenters. The van der Waals surface area contributed by atoms with Crippen molar-refractivity contribution in [2.24, 2.45) is 0 Å². The number of rotatable bonds is 3. The number of anilines is 2. The molecular weight excluding hydrogens is 366 g/mol. The predicted octanol–water partition coefficient (Wildman–Crippen LogP) is 4.91. The number of nitrogens with one attached hydrogen (secondary N) is 1. The number of likely N-dealkylation sites (tertiary alicyclic amines) is 1. The first-order valence-corrected chi connectivity index (χ1v) is 9.21. The monoisotopic (exact) mass is 387 g/mol. The highest BCUT2D eigenvalue weighted by atomic mass is 79.9. The second-order valence-corrected chi connectivity index (χ2v) is 7.10. The maximum absolute atomic E-state index is 12.7. The molecule has 0 spiro atoms. The van der Waals surface area contributed by atoms with Crippen LogP contribution in [0.15, 0.2) is 41.0 Å². The van der Waals surface area contributed by atoms with Crippen molar-refractivity contribution >= 4 is 33.2 Å². The SMILES string of the molecule is Cc1ccc(Nc2ccnc(C(=O)N3CCCCCC3)c2)c(Br)c1. The van der Waals surface area contributed by atoms with Crippen LogP contribution >= 0.6 is 15.9 Å². The summed E-state index contributed by atoms with van der Waals surface area (Å²) in [7, 11) is 0. The van der Waals surface area contributed by atoms with Crippen LogP contribution in [0.1, 0.15) is 41.7 Å². The van der Waals surface area contributed by atoms with Crippen LogP contribution in [-0.4, -0.2) is 28.9 Å². The van der Waals surface area contributed by atoms with Crippen LogP contribution in [0.4, 0.5) is 11.4 Å². The van der Waals surface area contributed by atoms with Gasteiger partial charge in [0, 0.05) is 29.4 Å². The second-order valence-electron chi connectivity index (χ2n) is 6.24. The first-order valence-electron chi connectivity index (χ1n) is 8.42. The lowest BCUT2D eigenvalue weighted by atomic mass is 10.2. The number of amides is 1. The van der Waals surface area contributed by atoms with Crippen molar-refractivity contribution in [3.05, 3.63) is 52.3 Å². The maximum atomic E-state index is 12.7. The van der Waals surface area contributed by atoms with E-state index in [1.165, 1.54) is 18.4 Å². The summed E-state index contributed by atoms with van der Waals surface area (Å²) < 4.78 is 1.000. The molecule has 2 heterocycles. The molecule has 3 rings (SSSR count). The third-order valence-corrected chi connectivity index (χ3v) is 4.93. The van der Waals surface area contributed by atoms with Crippen molar-refractivity contribution in [1.29, 1.82) is 0 Å². The lowest BCUT2D eigenvalue weighted by Gasteiger charge is -2.20. The molecule has 0 aliphatic carbocycles. The Morgan fingerprint density at radius 1 is 1.12 bits per heavy atom. The van der Waals surface area contributed by atoms with Gasteiger partial charge in [-0.05, 0) is 65.5 Å². The number of carbonyl (C=O) groups excluding carboxylic acids is 1. The summed E-state index contributed by atoms with van der Waals surface area (Å²) in [4.78, 5) is 18.9. The zero-order valence-corrected chi connectivity index (χ0v) is 15.5. The van der Waals surface area contributed by atoms with Crippen molar-refractivity contribution < 1.29 is 4.79 Å². The number of carbonyl (C=O) groups is 1. The zero-order chi connectivity index (χ0) is 16.9. The van der Waals surface area contributed by atoms with Crippen molar-refractivity contribution in [2.45, 2.75) is 32.6 Å². The van der Waals surface area contributed by atoms with E-state index in [2.05, 4.69) is 45.3 Å². The molecule has 5 heteroatoms. The van der Waals surface area contributed by atoms with Crippen LogP contribution in [0, 0.1) is 6.92 Å². The van der Waals surface area contributed by atoms with E-state index in [0.29, 0.717) is 5.69 Å². The number of hydrogen-bond acceptors (Lipinski definition) is 3. The summed E-state index contributed by atoms with van der Waals surface area (Å²) in [5.41, 5.74) is 3.54. The Labute approximate surface area is 151 Å². The molecular formula is C19H22BrN3O. The van der Waals surface area contributed by atoms with E-state index in [4.69, 9.17) is 0 Å². The van der Waals surface area contributed by atoms with Gasteiger partial charge < -0.3 is 10.2 Å². The number of pyridine rings is 1. The van der Waals surface area contributed by atoms with Crippen molar-refractivity contribution in [3.8, 4) is 0 Å². The third kappa shape index (κ3) is 4.15. The molecule has 4 nitrogen and oxygen atoms in total. The molecule has 0 radical (unpaired) electrons. The van der Waals surface area contributed by atoms with Gasteiger partial charge in [-0.3, -0.25) is 9.78 Å². The standard InChI is InChI=1S/C19H22BrN3O/c1-14-6-7-17(16(20)12-14)22-15-8-9-21-18(13-15)19(24)23-10-4-2-3-5-11-23/h6-9,12-13H,2-5,10-11H2,1H3,(H,21,22). The average Bonchev–Trinajstić information content (AvgIpc) is 2.86. The average molecular weight is 388 g/mol. The number of aromatic nitrogens is 1. The van der Waals surface area contributed by atoms with Crippen molar-refractivity contribution in [2.75, 3.05) is 18.4 Å². The first kappa shape index (κ1) is 17.0. The number of nitrogens with zero attached hydrogens (tertiary/aromatic N) is 2.